The minimum atomic E-state index is -0.639. The first kappa shape index (κ1) is 10.9. The van der Waals surface area contributed by atoms with E-state index < -0.39 is 5.91 Å². The molecule has 6 nitrogen and oxygen atoms in total. The van der Waals surface area contributed by atoms with E-state index in [9.17, 15) is 9.59 Å². The molecule has 0 saturated heterocycles. The van der Waals surface area contributed by atoms with E-state index in [4.69, 9.17) is 11.5 Å². The first-order chi connectivity index (χ1) is 8.08. The van der Waals surface area contributed by atoms with Gasteiger partial charge in [0.15, 0.2) is 0 Å². The van der Waals surface area contributed by atoms with Gasteiger partial charge in [0.1, 0.15) is 5.82 Å². The molecule has 6 heteroatoms. The van der Waals surface area contributed by atoms with Gasteiger partial charge >= 0.3 is 0 Å². The lowest BCUT2D eigenvalue weighted by Gasteiger charge is -2.04. The van der Waals surface area contributed by atoms with Gasteiger partial charge in [-0.3, -0.25) is 14.2 Å². The molecule has 2 heterocycles. The van der Waals surface area contributed by atoms with E-state index in [0.717, 1.165) is 0 Å². The van der Waals surface area contributed by atoms with Crippen LogP contribution in [0.2, 0.25) is 0 Å². The number of hydrogen-bond donors (Lipinski definition) is 2. The van der Waals surface area contributed by atoms with Gasteiger partial charge in [-0.1, -0.05) is 0 Å². The number of hydrogen-bond acceptors (Lipinski definition) is 4. The fourth-order valence-electron chi connectivity index (χ4n) is 1.36. The minimum absolute atomic E-state index is 0.168. The van der Waals surface area contributed by atoms with Crippen molar-refractivity contribution in [1.29, 1.82) is 0 Å². The molecule has 2 aromatic heterocycles. The third kappa shape index (κ3) is 2.15. The van der Waals surface area contributed by atoms with Crippen molar-refractivity contribution in [2.45, 2.75) is 0 Å². The molecule has 0 saturated carbocycles. The van der Waals surface area contributed by atoms with Crippen LogP contribution in [-0.4, -0.2) is 15.5 Å². The first-order valence-corrected chi connectivity index (χ1v) is 4.82. The number of anilines is 1. The fourth-order valence-corrected chi connectivity index (χ4v) is 1.36. The number of nitrogens with two attached hydrogens (primary N) is 2. The minimum Gasteiger partial charge on any atom is -0.397 e. The Morgan fingerprint density at radius 3 is 2.59 bits per heavy atom. The molecule has 0 aliphatic rings. The normalized spacial score (nSPS) is 10.1. The van der Waals surface area contributed by atoms with Gasteiger partial charge in [0, 0.05) is 17.8 Å². The van der Waals surface area contributed by atoms with Crippen LogP contribution in [0.1, 0.15) is 10.4 Å². The van der Waals surface area contributed by atoms with Crippen LogP contribution in [0, 0.1) is 0 Å². The maximum absolute atomic E-state index is 11.7. The highest BCUT2D eigenvalue weighted by molar-refractivity contribution is 5.92. The Morgan fingerprint density at radius 1 is 1.29 bits per heavy atom. The lowest BCUT2D eigenvalue weighted by molar-refractivity contribution is 0.1000. The molecule has 2 rings (SSSR count). The summed E-state index contributed by atoms with van der Waals surface area (Å²) in [7, 11) is 0. The molecule has 0 aromatic carbocycles. The number of nitrogen functional groups attached to an aromatic ring is 1. The van der Waals surface area contributed by atoms with Gasteiger partial charge in [-0.25, -0.2) is 4.98 Å². The second-order valence-electron chi connectivity index (χ2n) is 3.44. The number of carbonyl (C=O) groups is 1. The molecule has 2 aromatic rings. The van der Waals surface area contributed by atoms with Crippen molar-refractivity contribution in [3.8, 4) is 5.82 Å². The zero-order chi connectivity index (χ0) is 12.4. The predicted octanol–water partition coefficient (Wildman–Crippen LogP) is -0.0864. The third-order valence-electron chi connectivity index (χ3n) is 2.22. The average molecular weight is 230 g/mol. The summed E-state index contributed by atoms with van der Waals surface area (Å²) in [5, 5.41) is 0. The topological polar surface area (TPSA) is 104 Å². The van der Waals surface area contributed by atoms with Crippen LogP contribution in [0.3, 0.4) is 0 Å². The summed E-state index contributed by atoms with van der Waals surface area (Å²) < 4.78 is 1.30. The number of aromatic nitrogens is 2. The summed E-state index contributed by atoms with van der Waals surface area (Å²) in [6.07, 6.45) is 2.89. The van der Waals surface area contributed by atoms with Crippen molar-refractivity contribution in [2.24, 2.45) is 5.73 Å². The summed E-state index contributed by atoms with van der Waals surface area (Å²) in [6, 6.07) is 5.87. The summed E-state index contributed by atoms with van der Waals surface area (Å²) >= 11 is 0. The summed E-state index contributed by atoms with van der Waals surface area (Å²) in [5.74, 6) is -0.209. The number of pyridine rings is 2. The Morgan fingerprint density at radius 2 is 2.06 bits per heavy atom. The zero-order valence-corrected chi connectivity index (χ0v) is 8.83. The van der Waals surface area contributed by atoms with Crippen LogP contribution in [0.4, 0.5) is 5.69 Å². The van der Waals surface area contributed by atoms with Gasteiger partial charge in [0.25, 0.3) is 5.56 Å². The highest BCUT2D eigenvalue weighted by atomic mass is 16.1. The van der Waals surface area contributed by atoms with Crippen molar-refractivity contribution >= 4 is 11.6 Å². The van der Waals surface area contributed by atoms with E-state index in [1.165, 1.54) is 29.1 Å². The van der Waals surface area contributed by atoms with Gasteiger partial charge in [-0.05, 0) is 18.2 Å². The lowest BCUT2D eigenvalue weighted by atomic mass is 10.2. The highest BCUT2D eigenvalue weighted by Crippen LogP contribution is 2.05. The molecular weight excluding hydrogens is 220 g/mol. The molecule has 0 radical (unpaired) electrons. The molecule has 0 unspecified atom stereocenters. The summed E-state index contributed by atoms with van der Waals surface area (Å²) in [6.45, 7) is 0. The van der Waals surface area contributed by atoms with Crippen LogP contribution >= 0.6 is 0 Å². The molecule has 86 valence electrons. The van der Waals surface area contributed by atoms with E-state index in [0.29, 0.717) is 11.5 Å². The van der Waals surface area contributed by atoms with Crippen molar-refractivity contribution < 1.29 is 4.79 Å². The first-order valence-electron chi connectivity index (χ1n) is 4.82. The molecule has 0 bridgehead atoms. The quantitative estimate of drug-likeness (QED) is 0.752. The SMILES string of the molecule is NC(=O)c1ccn(-c2ccc(N)cn2)c(=O)c1. The third-order valence-corrected chi connectivity index (χ3v) is 2.22. The number of amides is 1. The molecule has 0 aliphatic carbocycles. The average Bonchev–Trinajstić information content (AvgIpc) is 2.30. The molecule has 4 N–H and O–H groups in total. The van der Waals surface area contributed by atoms with E-state index >= 15 is 0 Å². The smallest absolute Gasteiger partial charge is 0.257 e. The van der Waals surface area contributed by atoms with Gasteiger partial charge in [0.05, 0.1) is 11.9 Å². The molecule has 0 atom stereocenters. The summed E-state index contributed by atoms with van der Waals surface area (Å²) in [5.41, 5.74) is 10.9. The van der Waals surface area contributed by atoms with Crippen LogP contribution < -0.4 is 17.0 Å². The van der Waals surface area contributed by atoms with Gasteiger partial charge < -0.3 is 11.5 Å². The Kier molecular flexibility index (Phi) is 2.61. The molecule has 0 spiro atoms. The van der Waals surface area contributed by atoms with Crippen LogP contribution in [0.25, 0.3) is 5.82 Å². The standard InChI is InChI=1S/C11H10N4O2/c12-8-1-2-9(14-6-8)15-4-3-7(11(13)17)5-10(15)16/h1-6H,12H2,(H2,13,17). The van der Waals surface area contributed by atoms with Crippen LogP contribution in [0.15, 0.2) is 41.5 Å². The van der Waals surface area contributed by atoms with Crippen LogP contribution in [0.5, 0.6) is 0 Å². The van der Waals surface area contributed by atoms with E-state index in [1.807, 2.05) is 0 Å². The number of carbonyl (C=O) groups excluding carboxylic acids is 1. The fraction of sp³-hybridized carbons (Fsp3) is 0. The Hall–Kier alpha value is -2.63. The van der Waals surface area contributed by atoms with E-state index in [-0.39, 0.29) is 11.1 Å². The van der Waals surface area contributed by atoms with Crippen molar-refractivity contribution in [3.63, 3.8) is 0 Å². The number of primary amides is 1. The summed E-state index contributed by atoms with van der Waals surface area (Å²) in [4.78, 5) is 26.6. The van der Waals surface area contributed by atoms with E-state index in [1.54, 1.807) is 12.1 Å². The highest BCUT2D eigenvalue weighted by Gasteiger charge is 2.05. The van der Waals surface area contributed by atoms with Crippen molar-refractivity contribution in [3.05, 3.63) is 52.6 Å². The molecular formula is C11H10N4O2. The van der Waals surface area contributed by atoms with Crippen molar-refractivity contribution in [2.75, 3.05) is 5.73 Å². The lowest BCUT2D eigenvalue weighted by Crippen LogP contribution is -2.21. The van der Waals surface area contributed by atoms with Gasteiger partial charge in [-0.15, -0.1) is 0 Å². The monoisotopic (exact) mass is 230 g/mol. The second kappa shape index (κ2) is 4.09. The Balaban J connectivity index is 2.50. The second-order valence-corrected chi connectivity index (χ2v) is 3.44. The number of rotatable bonds is 2. The maximum atomic E-state index is 11.7. The van der Waals surface area contributed by atoms with Crippen LogP contribution in [-0.2, 0) is 0 Å². The molecule has 0 aliphatic heterocycles. The van der Waals surface area contributed by atoms with Crippen molar-refractivity contribution in [1.82, 2.24) is 9.55 Å². The maximum Gasteiger partial charge on any atom is 0.257 e. The Bertz CT molecular complexity index is 616. The predicted molar refractivity (Wildman–Crippen MR) is 62.8 cm³/mol. The van der Waals surface area contributed by atoms with Gasteiger partial charge in [-0.2, -0.15) is 0 Å². The zero-order valence-electron chi connectivity index (χ0n) is 8.83. The van der Waals surface area contributed by atoms with E-state index in [2.05, 4.69) is 4.98 Å². The number of nitrogens with zero attached hydrogens (tertiary/aromatic N) is 2. The molecule has 17 heavy (non-hydrogen) atoms. The molecule has 1 amide bonds. The largest absolute Gasteiger partial charge is 0.397 e. The molecule has 0 fully saturated rings. The van der Waals surface area contributed by atoms with Gasteiger partial charge in [0.2, 0.25) is 5.91 Å². The Labute approximate surface area is 96.5 Å².